The maximum absolute atomic E-state index is 13.8. The van der Waals surface area contributed by atoms with E-state index < -0.39 is 12.2 Å². The summed E-state index contributed by atoms with van der Waals surface area (Å²) < 4.78 is 0. The number of allylic oxidation sites excluding steroid dienone is 2. The van der Waals surface area contributed by atoms with Crippen molar-refractivity contribution in [2.45, 2.75) is 112 Å². The lowest BCUT2D eigenvalue weighted by atomic mass is 9.33. The molecular formula is C32H53NO4. The van der Waals surface area contributed by atoms with Crippen LogP contribution in [0.2, 0.25) is 0 Å². The van der Waals surface area contributed by atoms with Gasteiger partial charge in [-0.3, -0.25) is 4.79 Å². The number of hydrogen-bond acceptors (Lipinski definition) is 4. The lowest BCUT2D eigenvalue weighted by Gasteiger charge is -2.71. The van der Waals surface area contributed by atoms with Gasteiger partial charge in [-0.25, -0.2) is 0 Å². The van der Waals surface area contributed by atoms with Crippen LogP contribution in [0, 0.1) is 56.7 Å². The van der Waals surface area contributed by atoms with Gasteiger partial charge in [-0.15, -0.1) is 0 Å². The van der Waals surface area contributed by atoms with Crippen LogP contribution in [0.3, 0.4) is 0 Å². The number of rotatable bonds is 3. The molecule has 0 saturated heterocycles. The third kappa shape index (κ3) is 3.48. The highest BCUT2D eigenvalue weighted by Gasteiger charge is 2.70. The van der Waals surface area contributed by atoms with E-state index in [2.05, 4.69) is 59.9 Å². The van der Waals surface area contributed by atoms with Gasteiger partial charge < -0.3 is 20.6 Å². The molecule has 4 N–H and O–H groups in total. The number of nitrogens with one attached hydrogen (secondary N) is 1. The molecule has 4 saturated carbocycles. The van der Waals surface area contributed by atoms with Crippen LogP contribution in [0.5, 0.6) is 0 Å². The summed E-state index contributed by atoms with van der Waals surface area (Å²) in [7, 11) is 0. The van der Waals surface area contributed by atoms with Crippen molar-refractivity contribution in [1.82, 2.24) is 5.32 Å². The first-order valence-corrected chi connectivity index (χ1v) is 15.2. The molecule has 3 unspecified atom stereocenters. The van der Waals surface area contributed by atoms with E-state index in [9.17, 15) is 20.1 Å². The molecule has 5 rings (SSSR count). The van der Waals surface area contributed by atoms with E-state index >= 15 is 0 Å². The predicted octanol–water partition coefficient (Wildman–Crippen LogP) is 5.08. The number of aliphatic hydroxyl groups is 3. The third-order valence-corrected chi connectivity index (χ3v) is 13.8. The second kappa shape index (κ2) is 8.80. The molecule has 11 atom stereocenters. The molecule has 5 nitrogen and oxygen atoms in total. The zero-order chi connectivity index (χ0) is 27.2. The van der Waals surface area contributed by atoms with Gasteiger partial charge in [-0.05, 0) is 103 Å². The first kappa shape index (κ1) is 27.6. The molecule has 0 spiro atoms. The van der Waals surface area contributed by atoms with Gasteiger partial charge in [0.15, 0.2) is 0 Å². The van der Waals surface area contributed by atoms with Gasteiger partial charge in [-0.2, -0.15) is 0 Å². The molecule has 37 heavy (non-hydrogen) atoms. The van der Waals surface area contributed by atoms with Crippen molar-refractivity contribution >= 4 is 5.91 Å². The molecule has 5 heteroatoms. The van der Waals surface area contributed by atoms with Crippen molar-refractivity contribution in [2.75, 3.05) is 13.2 Å². The fourth-order valence-electron chi connectivity index (χ4n) is 11.4. The Morgan fingerprint density at radius 2 is 1.70 bits per heavy atom. The maximum atomic E-state index is 13.8. The highest BCUT2D eigenvalue weighted by molar-refractivity contribution is 5.84. The fourth-order valence-corrected chi connectivity index (χ4v) is 11.4. The minimum absolute atomic E-state index is 0.0186. The number of carbonyl (C=O) groups is 1. The van der Waals surface area contributed by atoms with Gasteiger partial charge in [0.1, 0.15) is 0 Å². The first-order chi connectivity index (χ1) is 17.2. The minimum atomic E-state index is -0.676. The van der Waals surface area contributed by atoms with E-state index in [1.165, 1.54) is 5.57 Å². The number of fused-ring (bicyclic) bond motifs is 7. The van der Waals surface area contributed by atoms with Crippen molar-refractivity contribution < 1.29 is 20.1 Å². The quantitative estimate of drug-likeness (QED) is 0.395. The van der Waals surface area contributed by atoms with E-state index in [1.807, 2.05) is 0 Å². The van der Waals surface area contributed by atoms with Crippen LogP contribution in [0.4, 0.5) is 0 Å². The Kier molecular flexibility index (Phi) is 6.57. The minimum Gasteiger partial charge on any atom is -0.395 e. The van der Waals surface area contributed by atoms with E-state index in [4.69, 9.17) is 0 Å². The molecule has 210 valence electrons. The van der Waals surface area contributed by atoms with Crippen LogP contribution in [0.15, 0.2) is 11.6 Å². The predicted molar refractivity (Wildman–Crippen MR) is 146 cm³/mol. The number of amides is 1. The van der Waals surface area contributed by atoms with Crippen molar-refractivity contribution in [2.24, 2.45) is 56.7 Å². The second-order valence-electron chi connectivity index (χ2n) is 15.3. The molecule has 1 amide bonds. The molecule has 0 aromatic rings. The zero-order valence-electron chi connectivity index (χ0n) is 24.4. The Balaban J connectivity index is 1.59. The zero-order valence-corrected chi connectivity index (χ0v) is 24.4. The summed E-state index contributed by atoms with van der Waals surface area (Å²) >= 11 is 0. The summed E-state index contributed by atoms with van der Waals surface area (Å²) in [4.78, 5) is 13.8. The van der Waals surface area contributed by atoms with Gasteiger partial charge in [0, 0.05) is 6.54 Å². The van der Waals surface area contributed by atoms with Crippen molar-refractivity contribution in [3.05, 3.63) is 11.6 Å². The van der Waals surface area contributed by atoms with Crippen LogP contribution < -0.4 is 5.32 Å². The number of carbonyl (C=O) groups excluding carboxylic acids is 1. The Hall–Kier alpha value is -0.910. The van der Waals surface area contributed by atoms with Crippen molar-refractivity contribution in [3.8, 4) is 0 Å². The van der Waals surface area contributed by atoms with Crippen LogP contribution in [-0.4, -0.2) is 46.6 Å². The van der Waals surface area contributed by atoms with Crippen molar-refractivity contribution in [3.63, 3.8) is 0 Å². The average molecular weight is 516 g/mol. The van der Waals surface area contributed by atoms with Gasteiger partial charge in [0.05, 0.1) is 24.2 Å². The van der Waals surface area contributed by atoms with Crippen LogP contribution >= 0.6 is 0 Å². The van der Waals surface area contributed by atoms with E-state index in [0.717, 1.165) is 44.9 Å². The summed E-state index contributed by atoms with van der Waals surface area (Å²) in [5.74, 6) is 2.25. The molecule has 5 aliphatic carbocycles. The second-order valence-corrected chi connectivity index (χ2v) is 15.3. The third-order valence-electron chi connectivity index (χ3n) is 13.8. The smallest absolute Gasteiger partial charge is 0.226 e. The molecule has 0 radical (unpaired) electrons. The summed E-state index contributed by atoms with van der Waals surface area (Å²) in [6.45, 7) is 16.9. The molecule has 0 bridgehead atoms. The Labute approximate surface area is 224 Å². The van der Waals surface area contributed by atoms with E-state index in [1.54, 1.807) is 0 Å². The van der Waals surface area contributed by atoms with Gasteiger partial charge in [0.25, 0.3) is 0 Å². The molecule has 0 heterocycles. The SMILES string of the molecule is C[C@@H]1CC[C@]2(C(=O)NCCO)CC[C@]3(C)C(=CCC4[C@@]5(C)C[C@@H](O)[C@H](O)C(C)(C)C5CC[C@]43C)C2[C@H]1C. The Morgan fingerprint density at radius 3 is 2.38 bits per heavy atom. The monoisotopic (exact) mass is 515 g/mol. The fraction of sp³-hybridized carbons (Fsp3) is 0.906. The van der Waals surface area contributed by atoms with Crippen LogP contribution in [0.1, 0.15) is 99.8 Å². The summed E-state index contributed by atoms with van der Waals surface area (Å²) in [6.07, 6.45) is 9.06. The standard InChI is InChI=1S/C32H53NO4/c1-19-10-13-32(27(37)33-16-17-34)15-14-30(6)21(25(32)20(19)2)8-9-24-29(5)18-22(35)26(36)28(3,4)23(29)11-12-31(24,30)7/h8,19-20,22-26,34-36H,9-18H2,1-7H3,(H,33,37)/t19-,20+,22-,23?,24?,25?,26+,29+,30-,31-,32+/m1/s1. The summed E-state index contributed by atoms with van der Waals surface area (Å²) in [6, 6.07) is 0. The largest absolute Gasteiger partial charge is 0.395 e. The lowest BCUT2D eigenvalue weighted by Crippen LogP contribution is -2.67. The Bertz CT molecular complexity index is 960. The van der Waals surface area contributed by atoms with E-state index in [-0.39, 0.29) is 45.5 Å². The molecule has 0 aromatic carbocycles. The molecular weight excluding hydrogens is 462 g/mol. The van der Waals surface area contributed by atoms with Crippen molar-refractivity contribution in [1.29, 1.82) is 0 Å². The topological polar surface area (TPSA) is 89.8 Å². The molecule has 5 aliphatic rings. The Morgan fingerprint density at radius 1 is 1.00 bits per heavy atom. The molecule has 4 fully saturated rings. The molecule has 0 aliphatic heterocycles. The molecule has 0 aromatic heterocycles. The highest BCUT2D eigenvalue weighted by atomic mass is 16.3. The van der Waals surface area contributed by atoms with Gasteiger partial charge >= 0.3 is 0 Å². The summed E-state index contributed by atoms with van der Waals surface area (Å²) in [5.41, 5.74) is 0.940. The summed E-state index contributed by atoms with van der Waals surface area (Å²) in [5, 5.41) is 34.5. The van der Waals surface area contributed by atoms with Crippen LogP contribution in [-0.2, 0) is 4.79 Å². The average Bonchev–Trinajstić information content (AvgIpc) is 2.83. The van der Waals surface area contributed by atoms with E-state index in [0.29, 0.717) is 36.6 Å². The maximum Gasteiger partial charge on any atom is 0.226 e. The van der Waals surface area contributed by atoms with Gasteiger partial charge in [0.2, 0.25) is 5.91 Å². The number of aliphatic hydroxyl groups excluding tert-OH is 3. The first-order valence-electron chi connectivity index (χ1n) is 15.2. The number of hydrogen-bond donors (Lipinski definition) is 4. The van der Waals surface area contributed by atoms with Gasteiger partial charge in [-0.1, -0.05) is 60.1 Å². The highest BCUT2D eigenvalue weighted by Crippen LogP contribution is 2.75. The lowest BCUT2D eigenvalue weighted by molar-refractivity contribution is -0.231. The normalized spacial score (nSPS) is 52.6. The van der Waals surface area contributed by atoms with Crippen LogP contribution in [0.25, 0.3) is 0 Å².